The third-order valence-electron chi connectivity index (χ3n) is 4.43. The number of ether oxygens (including phenoxy) is 1. The molecular weight excluding hydrogens is 414 g/mol. The van der Waals surface area contributed by atoms with Gasteiger partial charge in [-0.15, -0.1) is 22.9 Å². The number of esters is 1. The average Bonchev–Trinajstić information content (AvgIpc) is 3.09. The minimum Gasteiger partial charge on any atom is -0.461 e. The summed E-state index contributed by atoms with van der Waals surface area (Å²) in [5.41, 5.74) is 2.16. The number of aromatic nitrogens is 2. The van der Waals surface area contributed by atoms with Gasteiger partial charge >= 0.3 is 5.97 Å². The number of nitrogens with one attached hydrogen (secondary N) is 1. The highest BCUT2D eigenvalue weighted by Crippen LogP contribution is 2.31. The Hall–Kier alpha value is -2.71. The van der Waals surface area contributed by atoms with Gasteiger partial charge in [-0.1, -0.05) is 6.07 Å². The van der Waals surface area contributed by atoms with E-state index >= 15 is 0 Å². The van der Waals surface area contributed by atoms with Gasteiger partial charge in [0, 0.05) is 23.1 Å². The summed E-state index contributed by atoms with van der Waals surface area (Å²) in [5, 5.41) is 9.54. The number of alkyl halides is 1. The van der Waals surface area contributed by atoms with E-state index in [9.17, 15) is 14.4 Å². The zero-order valence-corrected chi connectivity index (χ0v) is 17.8. The molecule has 29 heavy (non-hydrogen) atoms. The number of hydrogen-bond acceptors (Lipinski definition) is 6. The molecule has 2 aromatic heterocycles. The van der Waals surface area contributed by atoms with Gasteiger partial charge in [0.1, 0.15) is 5.00 Å². The number of carbonyl (C=O) groups excluding carboxylic acids is 2. The first kappa shape index (κ1) is 21.0. The summed E-state index contributed by atoms with van der Waals surface area (Å²) in [7, 11) is 0. The number of hydrogen-bond donors (Lipinski definition) is 1. The van der Waals surface area contributed by atoms with Gasteiger partial charge in [0.2, 0.25) is 5.91 Å². The lowest BCUT2D eigenvalue weighted by molar-refractivity contribution is -0.115. The summed E-state index contributed by atoms with van der Waals surface area (Å²) in [6.07, 6.45) is 0.113. The monoisotopic (exact) mass is 433 g/mol. The van der Waals surface area contributed by atoms with E-state index < -0.39 is 11.5 Å². The Morgan fingerprint density at radius 1 is 1.28 bits per heavy atom. The fraction of sp³-hybridized carbons (Fsp3) is 0.300. The maximum absolute atomic E-state index is 13.3. The van der Waals surface area contributed by atoms with Crippen molar-refractivity contribution >= 4 is 50.6 Å². The molecule has 3 rings (SSSR count). The Morgan fingerprint density at radius 2 is 2.03 bits per heavy atom. The van der Waals surface area contributed by atoms with Gasteiger partial charge in [-0.05, 0) is 44.0 Å². The van der Waals surface area contributed by atoms with Gasteiger partial charge in [-0.2, -0.15) is 9.78 Å². The standard InChI is InChI=1S/C20H20ClN3O4S/c1-4-28-20(27)17-14-10-29-18(22-15(25)7-8-21)16(14)19(26)24(23-17)13-6-5-11(2)12(3)9-13/h5-6,9-10H,4,7-8H2,1-3H3,(H,22,25). The summed E-state index contributed by atoms with van der Waals surface area (Å²) in [6.45, 7) is 5.76. The van der Waals surface area contributed by atoms with E-state index in [0.717, 1.165) is 22.5 Å². The second-order valence-corrected chi connectivity index (χ2v) is 7.65. The van der Waals surface area contributed by atoms with Crippen LogP contribution in [-0.4, -0.2) is 34.1 Å². The van der Waals surface area contributed by atoms with Crippen LogP contribution in [0.3, 0.4) is 0 Å². The minimum atomic E-state index is -0.633. The van der Waals surface area contributed by atoms with Crippen molar-refractivity contribution in [2.45, 2.75) is 27.2 Å². The third kappa shape index (κ3) is 4.18. The minimum absolute atomic E-state index is 0.0220. The topological polar surface area (TPSA) is 90.3 Å². The van der Waals surface area contributed by atoms with E-state index in [0.29, 0.717) is 16.1 Å². The number of thiophene rings is 1. The number of halogens is 1. The molecule has 1 amide bonds. The Kier molecular flexibility index (Phi) is 6.34. The van der Waals surface area contributed by atoms with Crippen LogP contribution in [0.2, 0.25) is 0 Å². The molecule has 2 heterocycles. The lowest BCUT2D eigenvalue weighted by Crippen LogP contribution is -2.25. The van der Waals surface area contributed by atoms with Crippen LogP contribution in [0.4, 0.5) is 5.00 Å². The molecule has 0 aliphatic rings. The molecule has 0 unspecified atom stereocenters. The highest BCUT2D eigenvalue weighted by Gasteiger charge is 2.23. The third-order valence-corrected chi connectivity index (χ3v) is 5.52. The largest absolute Gasteiger partial charge is 0.461 e. The van der Waals surface area contributed by atoms with Crippen molar-refractivity contribution in [2.75, 3.05) is 17.8 Å². The van der Waals surface area contributed by atoms with Crippen LogP contribution in [0, 0.1) is 13.8 Å². The van der Waals surface area contributed by atoms with Crippen molar-refractivity contribution in [2.24, 2.45) is 0 Å². The molecule has 0 spiro atoms. The second kappa shape index (κ2) is 8.75. The van der Waals surface area contributed by atoms with E-state index in [1.807, 2.05) is 26.0 Å². The first-order valence-electron chi connectivity index (χ1n) is 9.02. The van der Waals surface area contributed by atoms with Crippen LogP contribution in [0.1, 0.15) is 35.0 Å². The van der Waals surface area contributed by atoms with Gasteiger partial charge in [-0.3, -0.25) is 9.59 Å². The smallest absolute Gasteiger partial charge is 0.359 e. The van der Waals surface area contributed by atoms with Gasteiger partial charge in [0.25, 0.3) is 5.56 Å². The van der Waals surface area contributed by atoms with Crippen molar-refractivity contribution in [1.29, 1.82) is 0 Å². The van der Waals surface area contributed by atoms with Gasteiger partial charge in [-0.25, -0.2) is 4.79 Å². The van der Waals surface area contributed by atoms with Crippen LogP contribution in [0.25, 0.3) is 16.5 Å². The Balaban J connectivity index is 2.27. The summed E-state index contributed by atoms with van der Waals surface area (Å²) in [4.78, 5) is 37.8. The molecule has 3 aromatic rings. The Labute approximate surface area is 176 Å². The van der Waals surface area contributed by atoms with Crippen LogP contribution in [0.5, 0.6) is 0 Å². The first-order chi connectivity index (χ1) is 13.9. The molecule has 0 aliphatic heterocycles. The zero-order chi connectivity index (χ0) is 21.1. The number of rotatable bonds is 6. The molecule has 1 N–H and O–H groups in total. The number of nitrogens with zero attached hydrogens (tertiary/aromatic N) is 2. The van der Waals surface area contributed by atoms with E-state index in [4.69, 9.17) is 16.3 Å². The van der Waals surface area contributed by atoms with E-state index in [1.54, 1.807) is 18.4 Å². The molecule has 0 bridgehead atoms. The predicted molar refractivity (Wildman–Crippen MR) is 115 cm³/mol. The molecule has 7 nitrogen and oxygen atoms in total. The lowest BCUT2D eigenvalue weighted by atomic mass is 10.1. The molecule has 152 valence electrons. The van der Waals surface area contributed by atoms with Gasteiger partial charge < -0.3 is 10.1 Å². The van der Waals surface area contributed by atoms with Crippen molar-refractivity contribution in [3.8, 4) is 5.69 Å². The second-order valence-electron chi connectivity index (χ2n) is 6.40. The molecule has 9 heteroatoms. The molecule has 0 radical (unpaired) electrons. The number of aryl methyl sites for hydroxylation is 2. The maximum atomic E-state index is 13.3. The number of amides is 1. The van der Waals surface area contributed by atoms with E-state index in [1.165, 1.54) is 4.68 Å². The molecule has 0 saturated heterocycles. The van der Waals surface area contributed by atoms with Crippen LogP contribution >= 0.6 is 22.9 Å². The van der Waals surface area contributed by atoms with Gasteiger partial charge in [0.05, 0.1) is 17.7 Å². The first-order valence-corrected chi connectivity index (χ1v) is 10.4. The van der Waals surface area contributed by atoms with Crippen molar-refractivity contribution in [1.82, 2.24) is 9.78 Å². The normalized spacial score (nSPS) is 10.9. The number of fused-ring (bicyclic) bond motifs is 1. The van der Waals surface area contributed by atoms with Crippen molar-refractivity contribution in [3.05, 3.63) is 50.8 Å². The number of benzene rings is 1. The van der Waals surface area contributed by atoms with Crippen LogP contribution in [0.15, 0.2) is 28.4 Å². The summed E-state index contributed by atoms with van der Waals surface area (Å²) in [6, 6.07) is 5.46. The van der Waals surface area contributed by atoms with Gasteiger partial charge in [0.15, 0.2) is 5.69 Å². The molecular formula is C20H20ClN3O4S. The number of carbonyl (C=O) groups is 2. The summed E-state index contributed by atoms with van der Waals surface area (Å²) < 4.78 is 6.29. The maximum Gasteiger partial charge on any atom is 0.359 e. The van der Waals surface area contributed by atoms with E-state index in [2.05, 4.69) is 10.4 Å². The fourth-order valence-electron chi connectivity index (χ4n) is 2.80. The molecule has 0 aliphatic carbocycles. The van der Waals surface area contributed by atoms with Crippen LogP contribution < -0.4 is 10.9 Å². The lowest BCUT2D eigenvalue weighted by Gasteiger charge is -2.11. The molecule has 0 atom stereocenters. The summed E-state index contributed by atoms with van der Waals surface area (Å²) in [5.74, 6) is -0.778. The molecule has 0 saturated carbocycles. The van der Waals surface area contributed by atoms with Crippen molar-refractivity contribution in [3.63, 3.8) is 0 Å². The quantitative estimate of drug-likeness (QED) is 0.471. The zero-order valence-electron chi connectivity index (χ0n) is 16.2. The van der Waals surface area contributed by atoms with Crippen molar-refractivity contribution < 1.29 is 14.3 Å². The average molecular weight is 434 g/mol. The highest BCUT2D eigenvalue weighted by molar-refractivity contribution is 7.16. The van der Waals surface area contributed by atoms with E-state index in [-0.39, 0.29) is 35.9 Å². The Bertz CT molecular complexity index is 1150. The summed E-state index contributed by atoms with van der Waals surface area (Å²) >= 11 is 6.78. The molecule has 0 fully saturated rings. The SMILES string of the molecule is CCOC(=O)c1nn(-c2ccc(C)c(C)c2)c(=O)c2c(NC(=O)CCCl)scc12. The van der Waals surface area contributed by atoms with Crippen LogP contribution in [-0.2, 0) is 9.53 Å². The molecule has 1 aromatic carbocycles. The number of anilines is 1. The Morgan fingerprint density at radius 3 is 2.69 bits per heavy atom. The predicted octanol–water partition coefficient (Wildman–Crippen LogP) is 3.81. The fourth-order valence-corrected chi connectivity index (χ4v) is 3.92. The highest BCUT2D eigenvalue weighted by atomic mass is 35.5.